The fourth-order valence-corrected chi connectivity index (χ4v) is 3.38. The summed E-state index contributed by atoms with van der Waals surface area (Å²) in [5, 5.41) is 5.42. The quantitative estimate of drug-likeness (QED) is 0.437. The molecule has 130 valence electrons. The van der Waals surface area contributed by atoms with E-state index in [1.807, 2.05) is 0 Å². The molecule has 0 saturated heterocycles. The van der Waals surface area contributed by atoms with Gasteiger partial charge in [0.05, 0.1) is 15.4 Å². The largest absolute Gasteiger partial charge is 0.401 e. The van der Waals surface area contributed by atoms with E-state index < -0.39 is 5.63 Å². The molecule has 0 atom stereocenters. The Labute approximate surface area is 165 Å². The third-order valence-corrected chi connectivity index (χ3v) is 4.77. The zero-order valence-corrected chi connectivity index (χ0v) is 16.3. The summed E-state index contributed by atoms with van der Waals surface area (Å²) in [6, 6.07) is 8.50. The Hall–Kier alpha value is -2.22. The number of pyridine rings is 1. The molecule has 0 aliphatic rings. The van der Waals surface area contributed by atoms with Crippen LogP contribution in [0.15, 0.2) is 50.3 Å². The lowest BCUT2D eigenvalue weighted by molar-refractivity contribution is 0.513. The van der Waals surface area contributed by atoms with Crippen molar-refractivity contribution in [2.24, 2.45) is 0 Å². The maximum Gasteiger partial charge on any atom is 0.347 e. The molecule has 0 spiro atoms. The third-order valence-electron chi connectivity index (χ3n) is 3.78. The predicted octanol–water partition coefficient (Wildman–Crippen LogP) is 4.81. The van der Waals surface area contributed by atoms with Crippen LogP contribution >= 0.6 is 39.1 Å². The molecular weight excluding hydrogens is 443 g/mol. The SMILES string of the molecule is Cc1ccc(Cl)c2nc(-c3cc(Br)nn3-c3ncccc3Cl)oc(=O)c12. The fourth-order valence-electron chi connectivity index (χ4n) is 2.61. The fraction of sp³-hybridized carbons (Fsp3) is 0.0588. The van der Waals surface area contributed by atoms with E-state index in [2.05, 4.69) is 31.0 Å². The number of benzene rings is 1. The molecule has 0 saturated carbocycles. The number of fused-ring (bicyclic) bond motifs is 1. The predicted molar refractivity (Wildman–Crippen MR) is 103 cm³/mol. The lowest BCUT2D eigenvalue weighted by atomic mass is 10.1. The van der Waals surface area contributed by atoms with Crippen molar-refractivity contribution in [1.29, 1.82) is 0 Å². The van der Waals surface area contributed by atoms with Gasteiger partial charge in [-0.2, -0.15) is 5.10 Å². The van der Waals surface area contributed by atoms with Crippen LogP contribution in [0, 0.1) is 6.92 Å². The van der Waals surface area contributed by atoms with E-state index in [1.165, 1.54) is 4.68 Å². The van der Waals surface area contributed by atoms with Gasteiger partial charge in [0.1, 0.15) is 15.8 Å². The number of hydrogen-bond donors (Lipinski definition) is 0. The summed E-state index contributed by atoms with van der Waals surface area (Å²) in [5.41, 5.74) is 0.989. The van der Waals surface area contributed by atoms with Gasteiger partial charge < -0.3 is 4.42 Å². The molecule has 0 aliphatic heterocycles. The lowest BCUT2D eigenvalue weighted by Gasteiger charge is -2.08. The van der Waals surface area contributed by atoms with Crippen molar-refractivity contribution < 1.29 is 4.42 Å². The summed E-state index contributed by atoms with van der Waals surface area (Å²) < 4.78 is 7.41. The zero-order chi connectivity index (χ0) is 18.4. The smallest absolute Gasteiger partial charge is 0.347 e. The zero-order valence-electron chi connectivity index (χ0n) is 13.2. The highest BCUT2D eigenvalue weighted by Gasteiger charge is 2.20. The average Bonchev–Trinajstić information content (AvgIpc) is 3.00. The van der Waals surface area contributed by atoms with Crippen molar-refractivity contribution in [3.05, 3.63) is 67.2 Å². The Morgan fingerprint density at radius 3 is 2.77 bits per heavy atom. The van der Waals surface area contributed by atoms with Crippen LogP contribution in [0.5, 0.6) is 0 Å². The number of aromatic nitrogens is 4. The molecule has 0 fully saturated rings. The number of hydrogen-bond acceptors (Lipinski definition) is 5. The highest BCUT2D eigenvalue weighted by Crippen LogP contribution is 2.29. The molecule has 0 amide bonds. The van der Waals surface area contributed by atoms with Gasteiger partial charge in [0, 0.05) is 12.3 Å². The second kappa shape index (κ2) is 6.50. The molecule has 4 aromatic rings. The Kier molecular flexibility index (Phi) is 4.30. The molecule has 0 N–H and O–H groups in total. The van der Waals surface area contributed by atoms with Crippen molar-refractivity contribution in [3.63, 3.8) is 0 Å². The molecule has 9 heteroatoms. The Bertz CT molecular complexity index is 1220. The third kappa shape index (κ3) is 2.82. The second-order valence-electron chi connectivity index (χ2n) is 5.47. The Morgan fingerprint density at radius 1 is 1.19 bits per heavy atom. The molecule has 0 radical (unpaired) electrons. The summed E-state index contributed by atoms with van der Waals surface area (Å²) in [7, 11) is 0. The van der Waals surface area contributed by atoms with Gasteiger partial charge in [0.25, 0.3) is 0 Å². The molecule has 0 aliphatic carbocycles. The molecule has 0 bridgehead atoms. The van der Waals surface area contributed by atoms with Crippen LogP contribution in [-0.4, -0.2) is 19.7 Å². The highest BCUT2D eigenvalue weighted by atomic mass is 79.9. The van der Waals surface area contributed by atoms with Crippen LogP contribution in [0.2, 0.25) is 10.0 Å². The lowest BCUT2D eigenvalue weighted by Crippen LogP contribution is -2.08. The van der Waals surface area contributed by atoms with Crippen LogP contribution in [0.25, 0.3) is 28.3 Å². The van der Waals surface area contributed by atoms with E-state index in [0.29, 0.717) is 37.1 Å². The molecule has 1 aromatic carbocycles. The summed E-state index contributed by atoms with van der Waals surface area (Å²) in [4.78, 5) is 21.2. The summed E-state index contributed by atoms with van der Waals surface area (Å²) in [5.74, 6) is 0.449. The number of halogens is 3. The van der Waals surface area contributed by atoms with Crippen LogP contribution in [0.1, 0.15) is 5.56 Å². The summed E-state index contributed by atoms with van der Waals surface area (Å²) in [6.07, 6.45) is 1.59. The standard InChI is InChI=1S/C17H9BrCl2N4O2/c1-8-4-5-9(19)14-13(8)17(25)26-16(22-14)11-7-12(18)23-24(11)15-10(20)3-2-6-21-15/h2-7H,1H3. The highest BCUT2D eigenvalue weighted by molar-refractivity contribution is 9.10. The molecule has 0 unspecified atom stereocenters. The topological polar surface area (TPSA) is 73.8 Å². The van der Waals surface area contributed by atoms with Gasteiger partial charge in [-0.3, -0.25) is 0 Å². The normalized spacial score (nSPS) is 11.2. The first-order chi connectivity index (χ1) is 12.5. The first-order valence-electron chi connectivity index (χ1n) is 7.42. The van der Waals surface area contributed by atoms with E-state index in [1.54, 1.807) is 43.5 Å². The van der Waals surface area contributed by atoms with Crippen LogP contribution in [-0.2, 0) is 0 Å². The Morgan fingerprint density at radius 2 is 2.00 bits per heavy atom. The molecule has 3 aromatic heterocycles. The van der Waals surface area contributed by atoms with Crippen molar-refractivity contribution in [2.45, 2.75) is 6.92 Å². The summed E-state index contributed by atoms with van der Waals surface area (Å²) >= 11 is 15.8. The van der Waals surface area contributed by atoms with Crippen molar-refractivity contribution >= 4 is 50.0 Å². The minimum Gasteiger partial charge on any atom is -0.401 e. The molecule has 3 heterocycles. The maximum atomic E-state index is 12.5. The monoisotopic (exact) mass is 450 g/mol. The van der Waals surface area contributed by atoms with E-state index in [0.717, 1.165) is 5.56 Å². The van der Waals surface area contributed by atoms with Gasteiger partial charge in [-0.25, -0.2) is 19.4 Å². The maximum absolute atomic E-state index is 12.5. The molecule has 26 heavy (non-hydrogen) atoms. The van der Waals surface area contributed by atoms with Gasteiger partial charge in [0.2, 0.25) is 5.89 Å². The number of nitrogens with zero attached hydrogens (tertiary/aromatic N) is 4. The van der Waals surface area contributed by atoms with Gasteiger partial charge >= 0.3 is 5.63 Å². The van der Waals surface area contributed by atoms with Crippen molar-refractivity contribution in [3.8, 4) is 17.4 Å². The van der Waals surface area contributed by atoms with Gasteiger partial charge in [-0.1, -0.05) is 29.3 Å². The Balaban J connectivity index is 2.02. The first kappa shape index (κ1) is 17.2. The molecular formula is C17H9BrCl2N4O2. The van der Waals surface area contributed by atoms with Gasteiger partial charge in [-0.15, -0.1) is 0 Å². The molecule has 6 nitrogen and oxygen atoms in total. The molecule has 4 rings (SSSR count). The summed E-state index contributed by atoms with van der Waals surface area (Å²) in [6.45, 7) is 1.80. The second-order valence-corrected chi connectivity index (χ2v) is 7.09. The minimum atomic E-state index is -0.527. The van der Waals surface area contributed by atoms with Crippen molar-refractivity contribution in [1.82, 2.24) is 19.7 Å². The van der Waals surface area contributed by atoms with Crippen LogP contribution < -0.4 is 5.63 Å². The number of rotatable bonds is 2. The van der Waals surface area contributed by atoms with Crippen LogP contribution in [0.4, 0.5) is 0 Å². The van der Waals surface area contributed by atoms with E-state index in [9.17, 15) is 4.79 Å². The van der Waals surface area contributed by atoms with E-state index >= 15 is 0 Å². The van der Waals surface area contributed by atoms with E-state index in [-0.39, 0.29) is 5.89 Å². The van der Waals surface area contributed by atoms with Gasteiger partial charge in [-0.05, 0) is 46.6 Å². The van der Waals surface area contributed by atoms with Crippen LogP contribution in [0.3, 0.4) is 0 Å². The van der Waals surface area contributed by atoms with Crippen molar-refractivity contribution in [2.75, 3.05) is 0 Å². The van der Waals surface area contributed by atoms with E-state index in [4.69, 9.17) is 27.6 Å². The first-order valence-corrected chi connectivity index (χ1v) is 8.97. The minimum absolute atomic E-state index is 0.0647. The number of aryl methyl sites for hydroxylation is 1. The average molecular weight is 452 g/mol. The van der Waals surface area contributed by atoms with Gasteiger partial charge in [0.15, 0.2) is 5.82 Å².